The SMILES string of the molecule is COCCNC(=O)C(C)NCc1ccc2c(c1)CCN2C. The lowest BCUT2D eigenvalue weighted by Crippen LogP contribution is -2.42. The summed E-state index contributed by atoms with van der Waals surface area (Å²) in [5.41, 5.74) is 3.94. The molecule has 5 nitrogen and oxygen atoms in total. The molecule has 0 bridgehead atoms. The van der Waals surface area contributed by atoms with Crippen molar-refractivity contribution in [1.29, 1.82) is 0 Å². The normalized spacial score (nSPS) is 14.9. The molecule has 2 N–H and O–H groups in total. The van der Waals surface area contributed by atoms with Gasteiger partial charge in [-0.1, -0.05) is 12.1 Å². The van der Waals surface area contributed by atoms with Crippen LogP contribution < -0.4 is 15.5 Å². The number of benzene rings is 1. The van der Waals surface area contributed by atoms with Crippen LogP contribution in [0.25, 0.3) is 0 Å². The Kier molecular flexibility index (Phi) is 5.59. The molecule has 0 spiro atoms. The second-order valence-electron chi connectivity index (χ2n) is 5.52. The Bertz CT molecular complexity index is 490. The van der Waals surface area contributed by atoms with E-state index in [0.717, 1.165) is 13.0 Å². The van der Waals surface area contributed by atoms with Gasteiger partial charge in [-0.15, -0.1) is 0 Å². The summed E-state index contributed by atoms with van der Waals surface area (Å²) in [6.07, 6.45) is 1.10. The maximum absolute atomic E-state index is 11.8. The minimum atomic E-state index is -0.210. The van der Waals surface area contributed by atoms with Gasteiger partial charge in [0.25, 0.3) is 0 Å². The Morgan fingerprint density at radius 1 is 1.48 bits per heavy atom. The van der Waals surface area contributed by atoms with Gasteiger partial charge in [0.05, 0.1) is 12.6 Å². The molecule has 1 atom stereocenters. The molecule has 1 heterocycles. The van der Waals surface area contributed by atoms with Gasteiger partial charge in [-0.25, -0.2) is 0 Å². The Hall–Kier alpha value is -1.59. The van der Waals surface area contributed by atoms with Crippen LogP contribution in [0.1, 0.15) is 18.1 Å². The molecule has 116 valence electrons. The van der Waals surface area contributed by atoms with Crippen molar-refractivity contribution in [2.45, 2.75) is 25.9 Å². The average Bonchev–Trinajstić information content (AvgIpc) is 2.86. The zero-order valence-corrected chi connectivity index (χ0v) is 13.1. The second kappa shape index (κ2) is 7.43. The highest BCUT2D eigenvalue weighted by molar-refractivity contribution is 5.81. The molecule has 0 radical (unpaired) electrons. The molecule has 1 aliphatic rings. The van der Waals surface area contributed by atoms with E-state index >= 15 is 0 Å². The molecule has 0 aliphatic carbocycles. The van der Waals surface area contributed by atoms with Gasteiger partial charge in [-0.2, -0.15) is 0 Å². The lowest BCUT2D eigenvalue weighted by Gasteiger charge is -2.15. The topological polar surface area (TPSA) is 53.6 Å². The Labute approximate surface area is 126 Å². The van der Waals surface area contributed by atoms with Crippen molar-refractivity contribution in [1.82, 2.24) is 10.6 Å². The summed E-state index contributed by atoms with van der Waals surface area (Å²) in [5, 5.41) is 6.10. The van der Waals surface area contributed by atoms with Gasteiger partial charge in [0.15, 0.2) is 0 Å². The summed E-state index contributed by atoms with van der Waals surface area (Å²) < 4.78 is 4.91. The zero-order chi connectivity index (χ0) is 15.2. The number of nitrogens with zero attached hydrogens (tertiary/aromatic N) is 1. The Morgan fingerprint density at radius 2 is 2.29 bits per heavy atom. The van der Waals surface area contributed by atoms with Crippen LogP contribution in [0.15, 0.2) is 18.2 Å². The van der Waals surface area contributed by atoms with E-state index < -0.39 is 0 Å². The van der Waals surface area contributed by atoms with Crippen molar-refractivity contribution >= 4 is 11.6 Å². The van der Waals surface area contributed by atoms with Gasteiger partial charge in [-0.3, -0.25) is 4.79 Å². The molecule has 1 amide bonds. The maximum atomic E-state index is 11.8. The van der Waals surface area contributed by atoms with E-state index in [-0.39, 0.29) is 11.9 Å². The third kappa shape index (κ3) is 4.19. The van der Waals surface area contributed by atoms with Crippen LogP contribution in [0.2, 0.25) is 0 Å². The van der Waals surface area contributed by atoms with Crippen LogP contribution in [0, 0.1) is 0 Å². The first kappa shape index (κ1) is 15.8. The minimum Gasteiger partial charge on any atom is -0.383 e. The number of nitrogens with one attached hydrogen (secondary N) is 2. The van der Waals surface area contributed by atoms with Gasteiger partial charge >= 0.3 is 0 Å². The number of likely N-dealkylation sites (N-methyl/N-ethyl adjacent to an activating group) is 1. The van der Waals surface area contributed by atoms with E-state index in [0.29, 0.717) is 19.7 Å². The predicted molar refractivity (Wildman–Crippen MR) is 84.6 cm³/mol. The van der Waals surface area contributed by atoms with Gasteiger partial charge in [0, 0.05) is 39.5 Å². The second-order valence-corrected chi connectivity index (χ2v) is 5.52. The van der Waals surface area contributed by atoms with Crippen molar-refractivity contribution in [3.05, 3.63) is 29.3 Å². The van der Waals surface area contributed by atoms with Gasteiger partial charge in [0.1, 0.15) is 0 Å². The molecular formula is C16H25N3O2. The van der Waals surface area contributed by atoms with Gasteiger partial charge in [0.2, 0.25) is 5.91 Å². The molecule has 0 fully saturated rings. The van der Waals surface area contributed by atoms with E-state index in [1.54, 1.807) is 7.11 Å². The molecular weight excluding hydrogens is 266 g/mol. The number of rotatable bonds is 7. The van der Waals surface area contributed by atoms with Crippen LogP contribution in [-0.4, -0.2) is 45.8 Å². The molecule has 5 heteroatoms. The van der Waals surface area contributed by atoms with Crippen molar-refractivity contribution in [2.75, 3.05) is 38.8 Å². The fraction of sp³-hybridized carbons (Fsp3) is 0.562. The number of anilines is 1. The summed E-state index contributed by atoms with van der Waals surface area (Å²) in [7, 11) is 3.75. The fourth-order valence-corrected chi connectivity index (χ4v) is 2.52. The number of carbonyl (C=O) groups is 1. The van der Waals surface area contributed by atoms with E-state index in [1.165, 1.54) is 16.8 Å². The number of amides is 1. The number of carbonyl (C=O) groups excluding carboxylic acids is 1. The third-order valence-corrected chi connectivity index (χ3v) is 3.88. The van der Waals surface area contributed by atoms with E-state index in [1.807, 2.05) is 6.92 Å². The highest BCUT2D eigenvalue weighted by Crippen LogP contribution is 2.27. The maximum Gasteiger partial charge on any atom is 0.236 e. The van der Waals surface area contributed by atoms with Crippen LogP contribution in [0.5, 0.6) is 0 Å². The van der Waals surface area contributed by atoms with Crippen molar-refractivity contribution in [3.63, 3.8) is 0 Å². The van der Waals surface area contributed by atoms with Gasteiger partial charge < -0.3 is 20.3 Å². The molecule has 1 aliphatic heterocycles. The molecule has 0 saturated carbocycles. The third-order valence-electron chi connectivity index (χ3n) is 3.88. The number of fused-ring (bicyclic) bond motifs is 1. The molecule has 0 aromatic heterocycles. The largest absolute Gasteiger partial charge is 0.383 e. The van der Waals surface area contributed by atoms with E-state index in [9.17, 15) is 4.79 Å². The zero-order valence-electron chi connectivity index (χ0n) is 13.1. The summed E-state index contributed by atoms with van der Waals surface area (Å²) in [5.74, 6) is 0.00735. The first-order valence-electron chi connectivity index (χ1n) is 7.45. The monoisotopic (exact) mass is 291 g/mol. The summed E-state index contributed by atoms with van der Waals surface area (Å²) >= 11 is 0. The first-order valence-corrected chi connectivity index (χ1v) is 7.45. The molecule has 1 aromatic rings. The van der Waals surface area contributed by atoms with E-state index in [2.05, 4.69) is 40.8 Å². The Morgan fingerprint density at radius 3 is 3.05 bits per heavy atom. The van der Waals surface area contributed by atoms with E-state index in [4.69, 9.17) is 4.74 Å². The molecule has 2 rings (SSSR count). The number of ether oxygens (including phenoxy) is 1. The highest BCUT2D eigenvalue weighted by atomic mass is 16.5. The number of methoxy groups -OCH3 is 1. The quantitative estimate of drug-likeness (QED) is 0.734. The van der Waals surface area contributed by atoms with Gasteiger partial charge in [-0.05, 0) is 30.5 Å². The van der Waals surface area contributed by atoms with Crippen LogP contribution in [-0.2, 0) is 22.5 Å². The standard InChI is InChI=1S/C16H25N3O2/c1-12(16(20)17-7-9-21-3)18-11-13-4-5-15-14(10-13)6-8-19(15)2/h4-5,10,12,18H,6-9,11H2,1-3H3,(H,17,20). The smallest absolute Gasteiger partial charge is 0.236 e. The number of hydrogen-bond donors (Lipinski definition) is 2. The molecule has 0 saturated heterocycles. The average molecular weight is 291 g/mol. The first-order chi connectivity index (χ1) is 10.1. The van der Waals surface area contributed by atoms with Crippen LogP contribution >= 0.6 is 0 Å². The van der Waals surface area contributed by atoms with Crippen molar-refractivity contribution in [2.24, 2.45) is 0 Å². The lowest BCUT2D eigenvalue weighted by molar-refractivity contribution is -0.122. The fourth-order valence-electron chi connectivity index (χ4n) is 2.52. The van der Waals surface area contributed by atoms with Crippen molar-refractivity contribution in [3.8, 4) is 0 Å². The minimum absolute atomic E-state index is 0.00735. The summed E-state index contributed by atoms with van der Waals surface area (Å²) in [6.45, 7) is 4.76. The molecule has 1 unspecified atom stereocenters. The lowest BCUT2D eigenvalue weighted by atomic mass is 10.1. The summed E-state index contributed by atoms with van der Waals surface area (Å²) in [4.78, 5) is 14.1. The Balaban J connectivity index is 1.81. The number of hydrogen-bond acceptors (Lipinski definition) is 4. The summed E-state index contributed by atoms with van der Waals surface area (Å²) in [6, 6.07) is 6.32. The predicted octanol–water partition coefficient (Wildman–Crippen LogP) is 0.920. The van der Waals surface area contributed by atoms with Crippen molar-refractivity contribution < 1.29 is 9.53 Å². The van der Waals surface area contributed by atoms with Crippen LogP contribution in [0.3, 0.4) is 0 Å². The molecule has 21 heavy (non-hydrogen) atoms. The highest BCUT2D eigenvalue weighted by Gasteiger charge is 2.16. The molecule has 1 aromatic carbocycles. The van der Waals surface area contributed by atoms with Crippen LogP contribution in [0.4, 0.5) is 5.69 Å².